The van der Waals surface area contributed by atoms with Crippen LogP contribution in [0.15, 0.2) is 59.5 Å². The number of hydrogen-bond acceptors (Lipinski definition) is 4. The third-order valence-electron chi connectivity index (χ3n) is 5.80. The number of nitrogens with zero attached hydrogens (tertiary/aromatic N) is 2. The van der Waals surface area contributed by atoms with Crippen LogP contribution in [0.3, 0.4) is 0 Å². The molecule has 1 N–H and O–H groups in total. The van der Waals surface area contributed by atoms with E-state index in [1.165, 1.54) is 36.3 Å². The lowest BCUT2D eigenvalue weighted by Crippen LogP contribution is -2.45. The van der Waals surface area contributed by atoms with Crippen LogP contribution in [0.5, 0.6) is 0 Å². The third-order valence-corrected chi connectivity index (χ3v) is 7.58. The lowest BCUT2D eigenvalue weighted by molar-refractivity contribution is 0.0909. The van der Waals surface area contributed by atoms with Crippen molar-refractivity contribution in [1.29, 1.82) is 0 Å². The molecule has 0 spiro atoms. The van der Waals surface area contributed by atoms with E-state index in [0.717, 1.165) is 32.0 Å². The van der Waals surface area contributed by atoms with E-state index in [9.17, 15) is 13.2 Å². The lowest BCUT2D eigenvalue weighted by Gasteiger charge is -2.32. The molecule has 2 aliphatic rings. The Morgan fingerprint density at radius 1 is 1.00 bits per heavy atom. The molecule has 0 aromatic heterocycles. The summed E-state index contributed by atoms with van der Waals surface area (Å²) in [6, 6.07) is 16.1. The fraction of sp³-hybridized carbons (Fsp3) is 0.409. The summed E-state index contributed by atoms with van der Waals surface area (Å²) in [6.07, 6.45) is 4.49. The summed E-state index contributed by atoms with van der Waals surface area (Å²) in [5.41, 5.74) is 0.946. The van der Waals surface area contributed by atoms with E-state index in [2.05, 4.69) is 10.2 Å². The monoisotopic (exact) mass is 413 g/mol. The van der Waals surface area contributed by atoms with Gasteiger partial charge in [-0.05, 0) is 56.0 Å². The normalized spacial score (nSPS) is 18.4. The second-order valence-electron chi connectivity index (χ2n) is 7.85. The summed E-state index contributed by atoms with van der Waals surface area (Å²) in [6.45, 7) is 2.04. The Hall–Kier alpha value is -2.38. The summed E-state index contributed by atoms with van der Waals surface area (Å²) in [7, 11) is -2.23. The van der Waals surface area contributed by atoms with Crippen molar-refractivity contribution in [2.24, 2.45) is 0 Å². The Labute approximate surface area is 172 Å². The molecule has 1 amide bonds. The number of carbonyl (C=O) groups is 1. The molecule has 0 unspecified atom stereocenters. The smallest absolute Gasteiger partial charge is 0.264 e. The van der Waals surface area contributed by atoms with Crippen molar-refractivity contribution in [3.8, 4) is 0 Å². The van der Waals surface area contributed by atoms with Gasteiger partial charge in [0.25, 0.3) is 15.9 Å². The van der Waals surface area contributed by atoms with E-state index in [4.69, 9.17) is 0 Å². The molecule has 1 aliphatic carbocycles. The highest BCUT2D eigenvalue weighted by Crippen LogP contribution is 2.29. The van der Waals surface area contributed by atoms with Crippen LogP contribution in [-0.4, -0.2) is 51.4 Å². The molecule has 4 rings (SSSR count). The van der Waals surface area contributed by atoms with Crippen molar-refractivity contribution in [2.75, 3.05) is 24.4 Å². The van der Waals surface area contributed by atoms with Crippen LogP contribution in [0, 0.1) is 0 Å². The molecule has 1 saturated carbocycles. The zero-order chi connectivity index (χ0) is 20.4. The molecule has 0 atom stereocenters. The number of para-hydroxylation sites is 1. The number of nitrogens with one attached hydrogen (secondary N) is 1. The fourth-order valence-electron chi connectivity index (χ4n) is 3.85. The number of amides is 1. The highest BCUT2D eigenvalue weighted by molar-refractivity contribution is 7.92. The predicted molar refractivity (Wildman–Crippen MR) is 114 cm³/mol. The van der Waals surface area contributed by atoms with Crippen LogP contribution in [0.1, 0.15) is 36.0 Å². The summed E-state index contributed by atoms with van der Waals surface area (Å²) >= 11 is 0. The largest absolute Gasteiger partial charge is 0.349 e. The number of hydrogen-bond donors (Lipinski definition) is 1. The van der Waals surface area contributed by atoms with Gasteiger partial charge in [0.2, 0.25) is 0 Å². The van der Waals surface area contributed by atoms with Crippen molar-refractivity contribution >= 4 is 21.6 Å². The quantitative estimate of drug-likeness (QED) is 0.791. The molecule has 0 bridgehead atoms. The van der Waals surface area contributed by atoms with E-state index in [1.807, 2.05) is 6.07 Å². The number of carbonyl (C=O) groups excluding carboxylic acids is 1. The predicted octanol–water partition coefficient (Wildman–Crippen LogP) is 2.87. The van der Waals surface area contributed by atoms with Gasteiger partial charge in [-0.25, -0.2) is 8.42 Å². The van der Waals surface area contributed by atoms with Crippen LogP contribution < -0.4 is 9.62 Å². The topological polar surface area (TPSA) is 69.7 Å². The first-order chi connectivity index (χ1) is 13.9. The zero-order valence-corrected chi connectivity index (χ0v) is 17.4. The molecule has 2 aromatic rings. The number of benzene rings is 2. The van der Waals surface area contributed by atoms with Gasteiger partial charge in [0, 0.05) is 37.8 Å². The first kappa shape index (κ1) is 19.9. The number of likely N-dealkylation sites (tertiary alicyclic amines) is 1. The first-order valence-electron chi connectivity index (χ1n) is 10.1. The van der Waals surface area contributed by atoms with E-state index >= 15 is 0 Å². The molecule has 1 heterocycles. The van der Waals surface area contributed by atoms with Gasteiger partial charge < -0.3 is 10.2 Å². The van der Waals surface area contributed by atoms with E-state index in [1.54, 1.807) is 36.4 Å². The van der Waals surface area contributed by atoms with Crippen molar-refractivity contribution in [3.05, 3.63) is 60.2 Å². The third kappa shape index (κ3) is 4.46. The van der Waals surface area contributed by atoms with E-state index in [0.29, 0.717) is 11.3 Å². The molecule has 1 aliphatic heterocycles. The highest BCUT2D eigenvalue weighted by atomic mass is 32.2. The zero-order valence-electron chi connectivity index (χ0n) is 16.6. The second kappa shape index (κ2) is 8.16. The summed E-state index contributed by atoms with van der Waals surface area (Å²) in [5, 5.41) is 3.08. The van der Waals surface area contributed by atoms with E-state index in [-0.39, 0.29) is 16.8 Å². The Kier molecular flexibility index (Phi) is 5.61. The Morgan fingerprint density at radius 2 is 1.69 bits per heavy atom. The number of piperidine rings is 1. The van der Waals surface area contributed by atoms with Gasteiger partial charge >= 0.3 is 0 Å². The molecular weight excluding hydrogens is 386 g/mol. The van der Waals surface area contributed by atoms with Gasteiger partial charge in [0.05, 0.1) is 10.6 Å². The van der Waals surface area contributed by atoms with Gasteiger partial charge in [-0.1, -0.05) is 24.3 Å². The Balaban J connectivity index is 1.44. The van der Waals surface area contributed by atoms with Crippen molar-refractivity contribution in [1.82, 2.24) is 10.2 Å². The minimum Gasteiger partial charge on any atom is -0.349 e. The van der Waals surface area contributed by atoms with Crippen molar-refractivity contribution < 1.29 is 13.2 Å². The molecule has 29 heavy (non-hydrogen) atoms. The van der Waals surface area contributed by atoms with Crippen LogP contribution in [-0.2, 0) is 10.0 Å². The maximum absolute atomic E-state index is 13.0. The van der Waals surface area contributed by atoms with Crippen LogP contribution >= 0.6 is 0 Å². The van der Waals surface area contributed by atoms with Gasteiger partial charge in [0.15, 0.2) is 0 Å². The maximum Gasteiger partial charge on any atom is 0.264 e. The SMILES string of the molecule is CN(c1ccccc1)S(=O)(=O)c1cccc(C(=O)NC2CCN(C3CC3)CC2)c1. The van der Waals surface area contributed by atoms with Gasteiger partial charge in [0.1, 0.15) is 0 Å². The first-order valence-corrected chi connectivity index (χ1v) is 11.6. The molecule has 154 valence electrons. The van der Waals surface area contributed by atoms with Crippen LogP contribution in [0.25, 0.3) is 0 Å². The van der Waals surface area contributed by atoms with Crippen LogP contribution in [0.4, 0.5) is 5.69 Å². The molecule has 0 radical (unpaired) electrons. The van der Waals surface area contributed by atoms with Crippen molar-refractivity contribution in [3.63, 3.8) is 0 Å². The number of anilines is 1. The number of rotatable bonds is 6. The molecule has 2 fully saturated rings. The standard InChI is InChI=1S/C22H27N3O3S/c1-24(19-7-3-2-4-8-19)29(27,28)21-9-5-6-17(16-21)22(26)23-18-12-14-25(15-13-18)20-10-11-20/h2-9,16,18,20H,10-15H2,1H3,(H,23,26). The molecule has 7 heteroatoms. The average Bonchev–Trinajstić information content (AvgIpc) is 3.60. The van der Waals surface area contributed by atoms with E-state index < -0.39 is 10.0 Å². The second-order valence-corrected chi connectivity index (χ2v) is 9.82. The van der Waals surface area contributed by atoms with Crippen molar-refractivity contribution in [2.45, 2.75) is 42.7 Å². The summed E-state index contributed by atoms with van der Waals surface area (Å²) in [4.78, 5) is 15.3. The Bertz CT molecular complexity index is 966. The van der Waals surface area contributed by atoms with Gasteiger partial charge in [-0.2, -0.15) is 0 Å². The van der Waals surface area contributed by atoms with Crippen LogP contribution in [0.2, 0.25) is 0 Å². The average molecular weight is 414 g/mol. The number of sulfonamides is 1. The van der Waals surface area contributed by atoms with Gasteiger partial charge in [-0.15, -0.1) is 0 Å². The maximum atomic E-state index is 13.0. The molecule has 6 nitrogen and oxygen atoms in total. The minimum absolute atomic E-state index is 0.111. The lowest BCUT2D eigenvalue weighted by atomic mass is 10.0. The highest BCUT2D eigenvalue weighted by Gasteiger charge is 2.32. The summed E-state index contributed by atoms with van der Waals surface area (Å²) in [5.74, 6) is -0.214. The molecule has 1 saturated heterocycles. The minimum atomic E-state index is -3.74. The molecular formula is C22H27N3O3S. The Morgan fingerprint density at radius 3 is 2.34 bits per heavy atom. The summed E-state index contributed by atoms with van der Waals surface area (Å²) < 4.78 is 27.2. The van der Waals surface area contributed by atoms with Gasteiger partial charge in [-0.3, -0.25) is 9.10 Å². The molecule has 2 aromatic carbocycles. The fourth-order valence-corrected chi connectivity index (χ4v) is 5.09.